The maximum Gasteiger partial charge on any atom is 0.228 e. The highest BCUT2D eigenvalue weighted by molar-refractivity contribution is 5.84. The number of carbonyl (C=O) groups excluding carboxylic acids is 1. The lowest BCUT2D eigenvalue weighted by molar-refractivity contribution is -0.174. The Morgan fingerprint density at radius 1 is 1.07 bits per heavy atom. The van der Waals surface area contributed by atoms with E-state index in [-0.39, 0.29) is 10.8 Å². The normalized spacial score (nSPS) is 39.9. The standard InChI is InChI=1S/C25H36N2O/c1-3-23-13-19-14-24(16-23,20-7-5-4-6-8-20)18-25(15-19,17-23)22(28)27(2)21-9-11-26-12-10-21/h4-8,19,21,26H,3,9-18H2,1-2H3/t19?,23-,24-,25?/m1/s1. The summed E-state index contributed by atoms with van der Waals surface area (Å²) in [6.45, 7) is 4.47. The number of piperidine rings is 1. The zero-order valence-corrected chi connectivity index (χ0v) is 17.7. The molecule has 0 radical (unpaired) electrons. The number of hydrogen-bond donors (Lipinski definition) is 1. The van der Waals surface area contributed by atoms with E-state index in [4.69, 9.17) is 0 Å². The molecule has 1 heterocycles. The molecule has 2 unspecified atom stereocenters. The van der Waals surface area contributed by atoms with Gasteiger partial charge in [-0.05, 0) is 86.8 Å². The molecule has 3 nitrogen and oxygen atoms in total. The molecule has 1 aromatic carbocycles. The van der Waals surface area contributed by atoms with Crippen molar-refractivity contribution in [3.05, 3.63) is 35.9 Å². The van der Waals surface area contributed by atoms with Crippen LogP contribution in [0.2, 0.25) is 0 Å². The Morgan fingerprint density at radius 2 is 1.82 bits per heavy atom. The summed E-state index contributed by atoms with van der Waals surface area (Å²) in [5, 5.41) is 3.45. The molecule has 4 aliphatic carbocycles. The predicted molar refractivity (Wildman–Crippen MR) is 113 cm³/mol. The van der Waals surface area contributed by atoms with Crippen LogP contribution in [-0.4, -0.2) is 37.0 Å². The van der Waals surface area contributed by atoms with Crippen LogP contribution >= 0.6 is 0 Å². The number of hydrogen-bond acceptors (Lipinski definition) is 2. The average molecular weight is 381 g/mol. The lowest BCUT2D eigenvalue weighted by Crippen LogP contribution is -2.63. The van der Waals surface area contributed by atoms with Crippen LogP contribution in [0.4, 0.5) is 0 Å². The third-order valence-corrected chi connectivity index (χ3v) is 8.95. The molecule has 1 aliphatic heterocycles. The van der Waals surface area contributed by atoms with Crippen molar-refractivity contribution in [1.29, 1.82) is 0 Å². The zero-order valence-electron chi connectivity index (χ0n) is 17.7. The van der Waals surface area contributed by atoms with Gasteiger partial charge in [0.05, 0.1) is 5.41 Å². The minimum absolute atomic E-state index is 0.120. The maximum absolute atomic E-state index is 14.0. The van der Waals surface area contributed by atoms with Gasteiger partial charge in [0.25, 0.3) is 0 Å². The van der Waals surface area contributed by atoms with Gasteiger partial charge in [-0.15, -0.1) is 0 Å². The van der Waals surface area contributed by atoms with Crippen LogP contribution in [0.1, 0.15) is 70.3 Å². The van der Waals surface area contributed by atoms with Crippen molar-refractivity contribution in [2.24, 2.45) is 16.7 Å². The molecular weight excluding hydrogens is 344 g/mol. The van der Waals surface area contributed by atoms with Crippen molar-refractivity contribution in [1.82, 2.24) is 10.2 Å². The summed E-state index contributed by atoms with van der Waals surface area (Å²) >= 11 is 0. The molecular formula is C25H36N2O. The van der Waals surface area contributed by atoms with Gasteiger partial charge in [-0.2, -0.15) is 0 Å². The number of nitrogens with zero attached hydrogens (tertiary/aromatic N) is 1. The van der Waals surface area contributed by atoms with Crippen molar-refractivity contribution >= 4 is 5.91 Å². The molecule has 0 aromatic heterocycles. The third kappa shape index (κ3) is 2.76. The van der Waals surface area contributed by atoms with Crippen LogP contribution in [0.5, 0.6) is 0 Å². The molecule has 4 bridgehead atoms. The second-order valence-electron chi connectivity index (χ2n) is 10.7. The number of amides is 1. The Balaban J connectivity index is 1.51. The Labute approximate surface area is 170 Å². The lowest BCUT2D eigenvalue weighted by atomic mass is 9.38. The van der Waals surface area contributed by atoms with E-state index in [1.165, 1.54) is 31.2 Å². The first kappa shape index (κ1) is 18.7. The summed E-state index contributed by atoms with van der Waals surface area (Å²) in [6.07, 6.45) is 10.7. The fourth-order valence-corrected chi connectivity index (χ4v) is 8.12. The summed E-state index contributed by atoms with van der Waals surface area (Å²) in [4.78, 5) is 16.2. The van der Waals surface area contributed by atoms with Gasteiger partial charge in [-0.3, -0.25) is 4.79 Å². The van der Waals surface area contributed by atoms with Gasteiger partial charge in [0.2, 0.25) is 5.91 Å². The van der Waals surface area contributed by atoms with Crippen LogP contribution < -0.4 is 5.32 Å². The van der Waals surface area contributed by atoms with E-state index < -0.39 is 0 Å². The van der Waals surface area contributed by atoms with Crippen molar-refractivity contribution in [2.75, 3.05) is 20.1 Å². The summed E-state index contributed by atoms with van der Waals surface area (Å²) in [5.74, 6) is 1.20. The van der Waals surface area contributed by atoms with E-state index >= 15 is 0 Å². The summed E-state index contributed by atoms with van der Waals surface area (Å²) in [6, 6.07) is 11.6. The molecule has 6 rings (SSSR count). The quantitative estimate of drug-likeness (QED) is 0.833. The van der Waals surface area contributed by atoms with Crippen LogP contribution in [0.15, 0.2) is 30.3 Å². The van der Waals surface area contributed by atoms with E-state index in [2.05, 4.69) is 54.5 Å². The Morgan fingerprint density at radius 3 is 2.54 bits per heavy atom. The van der Waals surface area contributed by atoms with Gasteiger partial charge in [0.1, 0.15) is 0 Å². The molecule has 1 aromatic rings. The molecule has 1 amide bonds. The van der Waals surface area contributed by atoms with E-state index in [9.17, 15) is 4.79 Å². The summed E-state index contributed by atoms with van der Waals surface area (Å²) in [5.41, 5.74) is 1.98. The van der Waals surface area contributed by atoms with E-state index in [1.807, 2.05) is 0 Å². The van der Waals surface area contributed by atoms with Crippen molar-refractivity contribution in [3.63, 3.8) is 0 Å². The zero-order chi connectivity index (χ0) is 19.4. The maximum atomic E-state index is 14.0. The minimum atomic E-state index is -0.120. The monoisotopic (exact) mass is 380 g/mol. The molecule has 5 fully saturated rings. The van der Waals surface area contributed by atoms with Gasteiger partial charge in [0, 0.05) is 13.1 Å². The van der Waals surface area contributed by atoms with Crippen molar-refractivity contribution < 1.29 is 4.79 Å². The predicted octanol–water partition coefficient (Wildman–Crippen LogP) is 4.52. The Bertz CT molecular complexity index is 742. The minimum Gasteiger partial charge on any atom is -0.342 e. The van der Waals surface area contributed by atoms with Crippen LogP contribution in [-0.2, 0) is 10.2 Å². The fraction of sp³-hybridized carbons (Fsp3) is 0.720. The first-order chi connectivity index (χ1) is 13.5. The number of carbonyl (C=O) groups is 1. The van der Waals surface area contributed by atoms with E-state index in [0.717, 1.165) is 51.1 Å². The van der Waals surface area contributed by atoms with Gasteiger partial charge in [0.15, 0.2) is 0 Å². The molecule has 4 saturated carbocycles. The molecule has 1 N–H and O–H groups in total. The highest BCUT2D eigenvalue weighted by Crippen LogP contribution is 2.71. The molecule has 1 saturated heterocycles. The lowest BCUT2D eigenvalue weighted by Gasteiger charge is -2.67. The second-order valence-corrected chi connectivity index (χ2v) is 10.7. The van der Waals surface area contributed by atoms with Gasteiger partial charge < -0.3 is 10.2 Å². The SMILES string of the molecule is CC[C@]12CC3CC(C(=O)N(C)C4CCNCC4)(C1)C[C@@](c1ccccc1)(C3)C2. The Hall–Kier alpha value is -1.35. The first-order valence-electron chi connectivity index (χ1n) is 11.5. The fourth-order valence-electron chi connectivity index (χ4n) is 8.12. The van der Waals surface area contributed by atoms with Crippen LogP contribution in [0.25, 0.3) is 0 Å². The van der Waals surface area contributed by atoms with Gasteiger partial charge in [-0.1, -0.05) is 43.7 Å². The third-order valence-electron chi connectivity index (χ3n) is 8.95. The molecule has 28 heavy (non-hydrogen) atoms. The first-order valence-corrected chi connectivity index (χ1v) is 11.5. The highest BCUT2D eigenvalue weighted by Gasteiger charge is 2.65. The average Bonchev–Trinajstić information content (AvgIpc) is 2.73. The van der Waals surface area contributed by atoms with Crippen molar-refractivity contribution in [3.8, 4) is 0 Å². The number of benzene rings is 1. The molecule has 152 valence electrons. The summed E-state index contributed by atoms with van der Waals surface area (Å²) < 4.78 is 0. The highest BCUT2D eigenvalue weighted by atomic mass is 16.2. The van der Waals surface area contributed by atoms with E-state index in [0.29, 0.717) is 17.4 Å². The largest absolute Gasteiger partial charge is 0.342 e. The number of nitrogens with one attached hydrogen (secondary N) is 1. The van der Waals surface area contributed by atoms with E-state index in [1.54, 1.807) is 0 Å². The van der Waals surface area contributed by atoms with Crippen LogP contribution in [0, 0.1) is 16.7 Å². The summed E-state index contributed by atoms with van der Waals surface area (Å²) in [7, 11) is 2.10. The molecule has 5 aliphatic rings. The van der Waals surface area contributed by atoms with Gasteiger partial charge >= 0.3 is 0 Å². The molecule has 3 heteroatoms. The van der Waals surface area contributed by atoms with Crippen LogP contribution in [0.3, 0.4) is 0 Å². The molecule has 0 spiro atoms. The van der Waals surface area contributed by atoms with Gasteiger partial charge in [-0.25, -0.2) is 0 Å². The Kier molecular flexibility index (Phi) is 4.39. The second kappa shape index (κ2) is 6.58. The smallest absolute Gasteiger partial charge is 0.228 e. The topological polar surface area (TPSA) is 32.3 Å². The number of rotatable bonds is 4. The molecule has 4 atom stereocenters. The van der Waals surface area contributed by atoms with Crippen molar-refractivity contribution in [2.45, 2.75) is 76.2 Å².